The number of carbonyl (C=O) groups is 2. The highest BCUT2D eigenvalue weighted by atomic mass is 32.2. The maximum atomic E-state index is 12.0. The van der Waals surface area contributed by atoms with E-state index >= 15 is 0 Å². The largest absolute Gasteiger partial charge is 0.480 e. The predicted octanol–water partition coefficient (Wildman–Crippen LogP) is 2.39. The SMILES string of the molecule is CC(C)Sc1ccccc1C(=O)NC(C)C(=O)O. The van der Waals surface area contributed by atoms with Gasteiger partial charge < -0.3 is 10.4 Å². The molecule has 1 aromatic rings. The molecule has 1 atom stereocenters. The zero-order valence-corrected chi connectivity index (χ0v) is 11.5. The van der Waals surface area contributed by atoms with Gasteiger partial charge in [-0.15, -0.1) is 11.8 Å². The van der Waals surface area contributed by atoms with Gasteiger partial charge in [0.05, 0.1) is 5.56 Å². The first-order valence-corrected chi connectivity index (χ1v) is 6.59. The van der Waals surface area contributed by atoms with Crippen molar-refractivity contribution in [2.45, 2.75) is 37.0 Å². The third-order valence-corrected chi connectivity index (χ3v) is 3.29. The van der Waals surface area contributed by atoms with E-state index in [0.29, 0.717) is 10.8 Å². The van der Waals surface area contributed by atoms with Crippen LogP contribution < -0.4 is 5.32 Å². The van der Waals surface area contributed by atoms with E-state index < -0.39 is 12.0 Å². The van der Waals surface area contributed by atoms with Crippen LogP contribution in [0, 0.1) is 0 Å². The highest BCUT2D eigenvalue weighted by Gasteiger charge is 2.17. The summed E-state index contributed by atoms with van der Waals surface area (Å²) in [6.07, 6.45) is 0. The van der Waals surface area contributed by atoms with Crippen LogP contribution in [0.25, 0.3) is 0 Å². The Morgan fingerprint density at radius 3 is 2.39 bits per heavy atom. The molecule has 0 fully saturated rings. The molecular weight excluding hydrogens is 250 g/mol. The van der Waals surface area contributed by atoms with Gasteiger partial charge in [0.1, 0.15) is 6.04 Å². The molecule has 0 saturated carbocycles. The van der Waals surface area contributed by atoms with Gasteiger partial charge in [-0.1, -0.05) is 26.0 Å². The second kappa shape index (κ2) is 6.44. The summed E-state index contributed by atoms with van der Waals surface area (Å²) in [5, 5.41) is 11.6. The Kier molecular flexibility index (Phi) is 5.22. The predicted molar refractivity (Wildman–Crippen MR) is 72.0 cm³/mol. The highest BCUT2D eigenvalue weighted by molar-refractivity contribution is 8.00. The zero-order chi connectivity index (χ0) is 13.7. The maximum absolute atomic E-state index is 12.0. The molecule has 1 unspecified atom stereocenters. The van der Waals surface area contributed by atoms with E-state index in [2.05, 4.69) is 5.32 Å². The highest BCUT2D eigenvalue weighted by Crippen LogP contribution is 2.26. The number of thioether (sulfide) groups is 1. The average Bonchev–Trinajstić information content (AvgIpc) is 2.28. The van der Waals surface area contributed by atoms with E-state index in [-0.39, 0.29) is 5.91 Å². The molecule has 0 aromatic heterocycles. The summed E-state index contributed by atoms with van der Waals surface area (Å²) in [5.74, 6) is -1.40. The number of hydrogen-bond acceptors (Lipinski definition) is 3. The Morgan fingerprint density at radius 2 is 1.83 bits per heavy atom. The summed E-state index contributed by atoms with van der Waals surface area (Å²) >= 11 is 1.58. The lowest BCUT2D eigenvalue weighted by molar-refractivity contribution is -0.138. The van der Waals surface area contributed by atoms with Gasteiger partial charge in [-0.3, -0.25) is 9.59 Å². The number of aliphatic carboxylic acids is 1. The third-order valence-electron chi connectivity index (χ3n) is 2.21. The molecule has 1 rings (SSSR count). The molecule has 0 aliphatic carbocycles. The van der Waals surface area contributed by atoms with Crippen LogP contribution in [0.3, 0.4) is 0 Å². The van der Waals surface area contributed by atoms with Crippen molar-refractivity contribution >= 4 is 23.6 Å². The summed E-state index contributed by atoms with van der Waals surface area (Å²) in [5.41, 5.74) is 0.518. The Bertz CT molecular complexity index is 446. The van der Waals surface area contributed by atoms with E-state index in [4.69, 9.17) is 5.11 Å². The van der Waals surface area contributed by atoms with Crippen LogP contribution in [0.4, 0.5) is 0 Å². The zero-order valence-electron chi connectivity index (χ0n) is 10.6. The number of hydrogen-bond donors (Lipinski definition) is 2. The van der Waals surface area contributed by atoms with Gasteiger partial charge >= 0.3 is 5.97 Å². The first kappa shape index (κ1) is 14.6. The van der Waals surface area contributed by atoms with Crippen LogP contribution in [-0.2, 0) is 4.79 Å². The minimum atomic E-state index is -1.04. The van der Waals surface area contributed by atoms with Crippen LogP contribution in [0.2, 0.25) is 0 Å². The fourth-order valence-corrected chi connectivity index (χ4v) is 2.30. The second-order valence-corrected chi connectivity index (χ2v) is 5.81. The standard InChI is InChI=1S/C13H17NO3S/c1-8(2)18-11-7-5-4-6-10(11)12(15)14-9(3)13(16)17/h4-9H,1-3H3,(H,14,15)(H,16,17). The van der Waals surface area contributed by atoms with Gasteiger partial charge in [0.2, 0.25) is 0 Å². The Labute approximate surface area is 111 Å². The maximum Gasteiger partial charge on any atom is 0.325 e. The van der Waals surface area contributed by atoms with Gasteiger partial charge in [0.25, 0.3) is 5.91 Å². The lowest BCUT2D eigenvalue weighted by atomic mass is 10.2. The molecule has 0 radical (unpaired) electrons. The van der Waals surface area contributed by atoms with Crippen LogP contribution in [-0.4, -0.2) is 28.3 Å². The molecule has 4 nitrogen and oxygen atoms in total. The number of rotatable bonds is 5. The van der Waals surface area contributed by atoms with Crippen LogP contribution in [0.15, 0.2) is 29.2 Å². The minimum absolute atomic E-state index is 0.353. The number of amides is 1. The van der Waals surface area contributed by atoms with Crippen LogP contribution in [0.5, 0.6) is 0 Å². The minimum Gasteiger partial charge on any atom is -0.480 e. The molecule has 0 saturated heterocycles. The van der Waals surface area contributed by atoms with Crippen molar-refractivity contribution < 1.29 is 14.7 Å². The van der Waals surface area contributed by atoms with Crippen molar-refractivity contribution in [2.24, 2.45) is 0 Å². The lowest BCUT2D eigenvalue weighted by Crippen LogP contribution is -2.38. The molecular formula is C13H17NO3S. The van der Waals surface area contributed by atoms with Gasteiger partial charge in [-0.25, -0.2) is 0 Å². The van der Waals surface area contributed by atoms with Crippen molar-refractivity contribution in [3.05, 3.63) is 29.8 Å². The Balaban J connectivity index is 2.88. The summed E-state index contributed by atoms with van der Waals surface area (Å²) < 4.78 is 0. The van der Waals surface area contributed by atoms with Gasteiger partial charge in [0, 0.05) is 10.1 Å². The summed E-state index contributed by atoms with van der Waals surface area (Å²) in [6.45, 7) is 5.52. The molecule has 1 aromatic carbocycles. The smallest absolute Gasteiger partial charge is 0.325 e. The van der Waals surface area contributed by atoms with Gasteiger partial charge in [-0.05, 0) is 19.1 Å². The summed E-state index contributed by atoms with van der Waals surface area (Å²) in [6, 6.07) is 6.31. The fraction of sp³-hybridized carbons (Fsp3) is 0.385. The van der Waals surface area contributed by atoms with Crippen molar-refractivity contribution in [1.29, 1.82) is 0 Å². The normalized spacial score (nSPS) is 12.2. The van der Waals surface area contributed by atoms with Crippen molar-refractivity contribution in [1.82, 2.24) is 5.32 Å². The number of nitrogens with one attached hydrogen (secondary N) is 1. The third kappa shape index (κ3) is 4.07. The van der Waals surface area contributed by atoms with Crippen molar-refractivity contribution in [3.63, 3.8) is 0 Å². The molecule has 5 heteroatoms. The van der Waals surface area contributed by atoms with E-state index in [1.54, 1.807) is 23.9 Å². The fourth-order valence-electron chi connectivity index (χ4n) is 1.35. The molecule has 1 amide bonds. The molecule has 0 aliphatic heterocycles. The summed E-state index contributed by atoms with van der Waals surface area (Å²) in [4.78, 5) is 23.5. The van der Waals surface area contributed by atoms with Crippen LogP contribution >= 0.6 is 11.8 Å². The van der Waals surface area contributed by atoms with Crippen LogP contribution in [0.1, 0.15) is 31.1 Å². The first-order chi connectivity index (χ1) is 8.41. The number of carboxylic acids is 1. The van der Waals surface area contributed by atoms with E-state index in [1.165, 1.54) is 6.92 Å². The Morgan fingerprint density at radius 1 is 1.22 bits per heavy atom. The first-order valence-electron chi connectivity index (χ1n) is 5.71. The lowest BCUT2D eigenvalue weighted by Gasteiger charge is -2.13. The second-order valence-electron chi connectivity index (χ2n) is 4.20. The number of carbonyl (C=O) groups excluding carboxylic acids is 1. The van der Waals surface area contributed by atoms with Crippen molar-refractivity contribution in [3.8, 4) is 0 Å². The molecule has 0 aliphatic rings. The quantitative estimate of drug-likeness (QED) is 0.804. The molecule has 18 heavy (non-hydrogen) atoms. The topological polar surface area (TPSA) is 66.4 Å². The van der Waals surface area contributed by atoms with E-state index in [9.17, 15) is 9.59 Å². The van der Waals surface area contributed by atoms with E-state index in [1.807, 2.05) is 26.0 Å². The molecule has 98 valence electrons. The molecule has 0 spiro atoms. The number of carboxylic acid groups (broad SMARTS) is 1. The monoisotopic (exact) mass is 267 g/mol. The van der Waals surface area contributed by atoms with E-state index in [0.717, 1.165) is 4.90 Å². The average molecular weight is 267 g/mol. The molecule has 0 heterocycles. The van der Waals surface area contributed by atoms with Crippen molar-refractivity contribution in [2.75, 3.05) is 0 Å². The van der Waals surface area contributed by atoms with Gasteiger partial charge in [-0.2, -0.15) is 0 Å². The Hall–Kier alpha value is -1.49. The number of benzene rings is 1. The summed E-state index contributed by atoms with van der Waals surface area (Å²) in [7, 11) is 0. The van der Waals surface area contributed by atoms with Gasteiger partial charge in [0.15, 0.2) is 0 Å². The molecule has 2 N–H and O–H groups in total. The molecule has 0 bridgehead atoms.